The third kappa shape index (κ3) is 6.34. The van der Waals surface area contributed by atoms with E-state index in [4.69, 9.17) is 13.9 Å². The van der Waals surface area contributed by atoms with Gasteiger partial charge in [-0.05, 0) is 36.8 Å². The van der Waals surface area contributed by atoms with Crippen molar-refractivity contribution >= 4 is 5.96 Å². The number of aliphatic imine (C=N–C) groups is 1. The van der Waals surface area contributed by atoms with Crippen LogP contribution in [-0.4, -0.2) is 32.8 Å². The Balaban J connectivity index is 1.85. The lowest BCUT2D eigenvalue weighted by atomic mass is 10.2. The lowest BCUT2D eigenvalue weighted by Crippen LogP contribution is -2.36. The minimum Gasteiger partial charge on any atom is -0.491 e. The van der Waals surface area contributed by atoms with Crippen molar-refractivity contribution in [3.63, 3.8) is 0 Å². The van der Waals surface area contributed by atoms with Crippen LogP contribution in [0.1, 0.15) is 18.2 Å². The first kappa shape index (κ1) is 17.9. The van der Waals surface area contributed by atoms with Gasteiger partial charge in [-0.25, -0.2) is 4.99 Å². The highest BCUT2D eigenvalue weighted by molar-refractivity contribution is 5.79. The average molecular weight is 331 g/mol. The highest BCUT2D eigenvalue weighted by atomic mass is 16.5. The summed E-state index contributed by atoms with van der Waals surface area (Å²) in [5, 5.41) is 6.47. The van der Waals surface area contributed by atoms with E-state index in [1.54, 1.807) is 13.4 Å². The number of guanidine groups is 1. The molecule has 0 unspecified atom stereocenters. The number of nitrogens with one attached hydrogen (secondary N) is 2. The highest BCUT2D eigenvalue weighted by Crippen LogP contribution is 2.12. The minimum atomic E-state index is 0.551. The van der Waals surface area contributed by atoms with E-state index in [0.717, 1.165) is 29.6 Å². The lowest BCUT2D eigenvalue weighted by Gasteiger charge is -2.10. The molecule has 0 saturated carbocycles. The molecule has 0 aliphatic heterocycles. The van der Waals surface area contributed by atoms with Crippen LogP contribution < -0.4 is 15.4 Å². The van der Waals surface area contributed by atoms with Gasteiger partial charge in [0.15, 0.2) is 5.96 Å². The van der Waals surface area contributed by atoms with E-state index in [9.17, 15) is 0 Å². The van der Waals surface area contributed by atoms with Gasteiger partial charge in [0.2, 0.25) is 0 Å². The summed E-state index contributed by atoms with van der Waals surface area (Å²) in [6.45, 7) is 5.16. The number of ether oxygens (including phenoxy) is 2. The standard InChI is InChI=1S/C18H25N3O3/c1-3-19-18(21-14-17-5-4-10-23-17)20-13-15-6-8-16(9-7-15)24-12-11-22-2/h4-10H,3,11-14H2,1-2H3,(H2,19,20,21). The second-order valence-electron chi connectivity index (χ2n) is 5.11. The molecule has 0 aliphatic rings. The van der Waals surface area contributed by atoms with Crippen LogP contribution in [0.3, 0.4) is 0 Å². The molecule has 0 atom stereocenters. The number of methoxy groups -OCH3 is 1. The Labute approximate surface area is 142 Å². The molecule has 0 saturated heterocycles. The Morgan fingerprint density at radius 1 is 1.12 bits per heavy atom. The normalized spacial score (nSPS) is 11.3. The summed E-state index contributed by atoms with van der Waals surface area (Å²) < 4.78 is 15.8. The molecule has 6 heteroatoms. The molecule has 0 radical (unpaired) electrons. The van der Waals surface area contributed by atoms with Gasteiger partial charge in [0.1, 0.15) is 18.1 Å². The van der Waals surface area contributed by atoms with Gasteiger partial charge in [-0.15, -0.1) is 0 Å². The molecule has 0 spiro atoms. The Morgan fingerprint density at radius 2 is 1.96 bits per heavy atom. The minimum absolute atomic E-state index is 0.551. The summed E-state index contributed by atoms with van der Waals surface area (Å²) in [5.74, 6) is 2.47. The van der Waals surface area contributed by atoms with Crippen molar-refractivity contribution in [3.8, 4) is 5.75 Å². The van der Waals surface area contributed by atoms with Gasteiger partial charge in [-0.1, -0.05) is 12.1 Å². The van der Waals surface area contributed by atoms with Crippen LogP contribution in [0.5, 0.6) is 5.75 Å². The van der Waals surface area contributed by atoms with E-state index < -0.39 is 0 Å². The van der Waals surface area contributed by atoms with Crippen LogP contribution in [0, 0.1) is 0 Å². The summed E-state index contributed by atoms with van der Waals surface area (Å²) in [6, 6.07) is 11.7. The zero-order valence-electron chi connectivity index (χ0n) is 14.2. The van der Waals surface area contributed by atoms with Crippen LogP contribution in [0.4, 0.5) is 0 Å². The number of furan rings is 1. The van der Waals surface area contributed by atoms with Crippen molar-refractivity contribution in [2.24, 2.45) is 4.99 Å². The first-order chi connectivity index (χ1) is 11.8. The van der Waals surface area contributed by atoms with Gasteiger partial charge in [0.05, 0.1) is 26.0 Å². The molecule has 2 rings (SSSR count). The molecule has 24 heavy (non-hydrogen) atoms. The van der Waals surface area contributed by atoms with Gasteiger partial charge in [0.25, 0.3) is 0 Å². The fourth-order valence-corrected chi connectivity index (χ4v) is 2.03. The molecule has 0 amide bonds. The smallest absolute Gasteiger partial charge is 0.191 e. The Kier molecular flexibility index (Phi) is 7.70. The van der Waals surface area contributed by atoms with Gasteiger partial charge < -0.3 is 24.5 Å². The van der Waals surface area contributed by atoms with Gasteiger partial charge in [-0.2, -0.15) is 0 Å². The van der Waals surface area contributed by atoms with Crippen LogP contribution in [0.2, 0.25) is 0 Å². The summed E-state index contributed by atoms with van der Waals surface area (Å²) in [5.41, 5.74) is 1.12. The van der Waals surface area contributed by atoms with E-state index in [1.165, 1.54) is 0 Å². The number of hydrogen-bond acceptors (Lipinski definition) is 4. The van der Waals surface area contributed by atoms with Crippen LogP contribution in [0.15, 0.2) is 52.1 Å². The van der Waals surface area contributed by atoms with Crippen LogP contribution in [0.25, 0.3) is 0 Å². The molecule has 2 N–H and O–H groups in total. The Morgan fingerprint density at radius 3 is 2.62 bits per heavy atom. The lowest BCUT2D eigenvalue weighted by molar-refractivity contribution is 0.146. The van der Waals surface area contributed by atoms with Crippen LogP contribution >= 0.6 is 0 Å². The van der Waals surface area contributed by atoms with E-state index in [0.29, 0.717) is 26.3 Å². The summed E-state index contributed by atoms with van der Waals surface area (Å²) in [7, 11) is 1.66. The molecular formula is C18H25N3O3. The van der Waals surface area contributed by atoms with E-state index >= 15 is 0 Å². The molecule has 6 nitrogen and oxygen atoms in total. The number of nitrogens with zero attached hydrogens (tertiary/aromatic N) is 1. The van der Waals surface area contributed by atoms with Crippen molar-refractivity contribution in [1.82, 2.24) is 10.6 Å². The first-order valence-corrected chi connectivity index (χ1v) is 8.07. The maximum Gasteiger partial charge on any atom is 0.191 e. The SMILES string of the molecule is CCNC(=NCc1ccc(OCCOC)cc1)NCc1ccco1. The van der Waals surface area contributed by atoms with E-state index in [2.05, 4.69) is 15.6 Å². The van der Waals surface area contributed by atoms with Gasteiger partial charge >= 0.3 is 0 Å². The largest absolute Gasteiger partial charge is 0.491 e. The maximum atomic E-state index is 5.55. The molecule has 1 aromatic heterocycles. The molecule has 2 aromatic rings. The van der Waals surface area contributed by atoms with Crippen molar-refractivity contribution in [2.45, 2.75) is 20.0 Å². The fraction of sp³-hybridized carbons (Fsp3) is 0.389. The molecule has 1 aromatic carbocycles. The predicted molar refractivity (Wildman–Crippen MR) is 94.2 cm³/mol. The van der Waals surface area contributed by atoms with Crippen molar-refractivity contribution in [2.75, 3.05) is 26.9 Å². The molecular weight excluding hydrogens is 306 g/mol. The monoisotopic (exact) mass is 331 g/mol. The Hall–Kier alpha value is -2.47. The third-order valence-electron chi connectivity index (χ3n) is 3.25. The number of benzene rings is 1. The number of hydrogen-bond donors (Lipinski definition) is 2. The van der Waals surface area contributed by atoms with Crippen LogP contribution in [-0.2, 0) is 17.8 Å². The second kappa shape index (κ2) is 10.3. The molecule has 0 aliphatic carbocycles. The molecule has 1 heterocycles. The zero-order valence-corrected chi connectivity index (χ0v) is 14.2. The third-order valence-corrected chi connectivity index (χ3v) is 3.25. The predicted octanol–water partition coefficient (Wildman–Crippen LogP) is 2.56. The van der Waals surface area contributed by atoms with Crippen molar-refractivity contribution in [1.29, 1.82) is 0 Å². The molecule has 0 bridgehead atoms. The fourth-order valence-electron chi connectivity index (χ4n) is 2.03. The number of rotatable bonds is 9. The summed E-state index contributed by atoms with van der Waals surface area (Å²) >= 11 is 0. The molecule has 130 valence electrons. The maximum absolute atomic E-state index is 5.55. The highest BCUT2D eigenvalue weighted by Gasteiger charge is 2.00. The molecule has 0 fully saturated rings. The second-order valence-corrected chi connectivity index (χ2v) is 5.11. The Bertz CT molecular complexity index is 594. The van der Waals surface area contributed by atoms with Crippen molar-refractivity contribution < 1.29 is 13.9 Å². The summed E-state index contributed by atoms with van der Waals surface area (Å²) in [6.07, 6.45) is 1.66. The van der Waals surface area contributed by atoms with Crippen molar-refractivity contribution in [3.05, 3.63) is 54.0 Å². The topological polar surface area (TPSA) is 68.0 Å². The average Bonchev–Trinajstić information content (AvgIpc) is 3.12. The quantitative estimate of drug-likeness (QED) is 0.420. The first-order valence-electron chi connectivity index (χ1n) is 8.07. The van der Waals surface area contributed by atoms with Gasteiger partial charge in [-0.3, -0.25) is 0 Å². The summed E-state index contributed by atoms with van der Waals surface area (Å²) in [4.78, 5) is 4.58. The zero-order chi connectivity index (χ0) is 17.0. The van der Waals surface area contributed by atoms with Gasteiger partial charge in [0, 0.05) is 13.7 Å². The van der Waals surface area contributed by atoms with E-state index in [1.807, 2.05) is 43.3 Å². The van der Waals surface area contributed by atoms with E-state index in [-0.39, 0.29) is 0 Å².